The summed E-state index contributed by atoms with van der Waals surface area (Å²) in [6.07, 6.45) is 0.113. The minimum Gasteiger partial charge on any atom is -0.480 e. The molecule has 0 saturated carbocycles. The number of aromatic amines is 1. The summed E-state index contributed by atoms with van der Waals surface area (Å²) in [5, 5.41) is 44.1. The maximum Gasteiger partial charge on any atom is 0.326 e. The normalized spacial score (nSPS) is 14.7. The molecule has 11 atom stereocenters. The van der Waals surface area contributed by atoms with E-state index in [0.29, 0.717) is 23.1 Å². The number of carbonyl (C=O) groups is 12. The van der Waals surface area contributed by atoms with Crippen molar-refractivity contribution in [1.82, 2.24) is 52.8 Å². The Morgan fingerprint density at radius 1 is 0.452 bits per heavy atom. The zero-order valence-electron chi connectivity index (χ0n) is 52.8. The molecule has 4 aromatic carbocycles. The molecule has 0 aliphatic carbocycles. The number of H-pyrrole nitrogens is 1. The van der Waals surface area contributed by atoms with Crippen molar-refractivity contribution < 1.29 is 67.7 Å². The predicted octanol–water partition coefficient (Wildman–Crippen LogP) is -0.151. The van der Waals surface area contributed by atoms with Crippen LogP contribution >= 0.6 is 0 Å². The summed E-state index contributed by atoms with van der Waals surface area (Å²) in [5.41, 5.74) is 20.8. The Labute approximate surface area is 539 Å². The molecule has 0 aliphatic rings. The van der Waals surface area contributed by atoms with Crippen LogP contribution in [0.1, 0.15) is 95.4 Å². The number of carbonyl (C=O) groups excluding carboxylic acids is 11. The number of nitrogens with two attached hydrogens (primary N) is 3. The maximum absolute atomic E-state index is 14.6. The molecule has 0 unspecified atom stereocenters. The van der Waals surface area contributed by atoms with Crippen molar-refractivity contribution in [2.75, 3.05) is 6.61 Å². The van der Waals surface area contributed by atoms with Crippen LogP contribution in [0.4, 0.5) is 0 Å². The lowest BCUT2D eigenvalue weighted by Gasteiger charge is -2.29. The van der Waals surface area contributed by atoms with Gasteiger partial charge in [0.15, 0.2) is 0 Å². The first-order valence-electron chi connectivity index (χ1n) is 30.8. The van der Waals surface area contributed by atoms with E-state index in [1.54, 1.807) is 107 Å². The second-order valence-corrected chi connectivity index (χ2v) is 23.4. The molecule has 18 N–H and O–H groups in total. The Kier molecular flexibility index (Phi) is 29.1. The van der Waals surface area contributed by atoms with Crippen LogP contribution < -0.4 is 65.1 Å². The highest BCUT2D eigenvalue weighted by atomic mass is 16.4. The van der Waals surface area contributed by atoms with Gasteiger partial charge in [0.25, 0.3) is 0 Å². The summed E-state index contributed by atoms with van der Waals surface area (Å²) >= 11 is 0. The Hall–Kier alpha value is -10.0. The van der Waals surface area contributed by atoms with Crippen molar-refractivity contribution in [3.63, 3.8) is 0 Å². The van der Waals surface area contributed by atoms with Gasteiger partial charge in [-0.25, -0.2) is 4.79 Å². The lowest BCUT2D eigenvalue weighted by molar-refractivity contribution is -0.142. The van der Waals surface area contributed by atoms with Crippen LogP contribution in [-0.2, 0) is 83.2 Å². The number of rotatable bonds is 38. The number of aromatic nitrogens is 1. The van der Waals surface area contributed by atoms with Crippen molar-refractivity contribution >= 4 is 81.9 Å². The van der Waals surface area contributed by atoms with E-state index in [0.717, 1.165) is 16.5 Å². The third kappa shape index (κ3) is 23.9. The number of aliphatic hydroxyl groups is 1. The molecule has 5 aromatic rings. The van der Waals surface area contributed by atoms with Crippen LogP contribution in [0.3, 0.4) is 0 Å². The molecule has 500 valence electrons. The zero-order chi connectivity index (χ0) is 68.3. The molecule has 0 saturated heterocycles. The van der Waals surface area contributed by atoms with E-state index < -0.39 is 170 Å². The number of amides is 11. The summed E-state index contributed by atoms with van der Waals surface area (Å²) in [5.74, 6) is -12.2. The summed E-state index contributed by atoms with van der Waals surface area (Å²) in [4.78, 5) is 166. The van der Waals surface area contributed by atoms with Gasteiger partial charge < -0.3 is 80.2 Å². The van der Waals surface area contributed by atoms with Crippen molar-refractivity contribution in [3.8, 4) is 0 Å². The lowest BCUT2D eigenvalue weighted by Crippen LogP contribution is -2.61. The Bertz CT molecular complexity index is 3370. The first kappa shape index (κ1) is 73.7. The number of primary amides is 2. The SMILES string of the molecule is CC[C@H](C)[C@H](NC(=O)[C@H](CO)NC(=O)[C@H](CCC(N)=O)NC(=O)[C@H](CC(C)C)NC(=O)[C@H](CCC(N)=O)NC(=O)[C@H](C)NC(=O)[C@H](Cc1ccccc1)NC(=O)[C@H](Cc1c[nH]c2ccccc12)NC(=O)[C@@H](N)Cc1ccccc1)C(=O)N[C@@H](Cc1ccccc1)C(=O)O. The average molecular weight is 1290 g/mol. The van der Waals surface area contributed by atoms with Gasteiger partial charge in [0, 0.05) is 49.2 Å². The van der Waals surface area contributed by atoms with Crippen LogP contribution in [-0.4, -0.2) is 153 Å². The van der Waals surface area contributed by atoms with Gasteiger partial charge in [0.2, 0.25) is 65.0 Å². The van der Waals surface area contributed by atoms with Gasteiger partial charge in [-0.15, -0.1) is 0 Å². The number of fused-ring (bicyclic) bond motifs is 1. The van der Waals surface area contributed by atoms with E-state index >= 15 is 0 Å². The molecule has 1 heterocycles. The van der Waals surface area contributed by atoms with Gasteiger partial charge in [-0.3, -0.25) is 52.7 Å². The minimum atomic E-state index is -1.77. The number of hydrogen-bond acceptors (Lipinski definition) is 14. The molecular formula is C66H87N13O14. The second kappa shape index (κ2) is 36.7. The monoisotopic (exact) mass is 1290 g/mol. The van der Waals surface area contributed by atoms with Gasteiger partial charge in [-0.2, -0.15) is 0 Å². The first-order chi connectivity index (χ1) is 44.3. The van der Waals surface area contributed by atoms with Crippen LogP contribution in [0.2, 0.25) is 0 Å². The smallest absolute Gasteiger partial charge is 0.326 e. The van der Waals surface area contributed by atoms with Crippen molar-refractivity contribution in [1.29, 1.82) is 0 Å². The van der Waals surface area contributed by atoms with E-state index in [1.165, 1.54) is 6.92 Å². The van der Waals surface area contributed by atoms with E-state index in [2.05, 4.69) is 52.8 Å². The summed E-state index contributed by atoms with van der Waals surface area (Å²) in [6, 6.07) is 19.2. The Morgan fingerprint density at radius 3 is 1.38 bits per heavy atom. The van der Waals surface area contributed by atoms with Crippen LogP contribution in [0.25, 0.3) is 10.9 Å². The molecule has 0 spiro atoms. The highest BCUT2D eigenvalue weighted by Crippen LogP contribution is 2.20. The number of para-hydroxylation sites is 1. The van der Waals surface area contributed by atoms with Crippen LogP contribution in [0.5, 0.6) is 0 Å². The molecule has 0 aliphatic heterocycles. The summed E-state index contributed by atoms with van der Waals surface area (Å²) < 4.78 is 0. The third-order valence-corrected chi connectivity index (χ3v) is 15.5. The van der Waals surface area contributed by atoms with Crippen molar-refractivity contribution in [2.24, 2.45) is 29.0 Å². The fraction of sp³-hybridized carbons (Fsp3) is 0.424. The standard InChI is InChI=1S/C66H87N13O14/c1-6-38(4)56(65(91)77-52(66(92)93)33-42-22-14-9-15-23-42)79-64(90)53(36-80)78-60(86)48(27-29-55(69)82)73-62(88)49(30-37(2)3)75-59(85)47(26-28-54(68)81)72-57(83)39(5)71-61(87)50(32-41-20-12-8-13-21-41)76-63(89)51(34-43-35-70-46-25-17-16-24-44(43)46)74-58(84)45(67)31-40-18-10-7-11-19-40/h7-25,35,37-39,45,47-53,56,70,80H,6,26-34,36,67H2,1-5H3,(H2,68,81)(H2,69,82)(H,71,87)(H,72,83)(H,73,88)(H,74,84)(H,75,85)(H,76,89)(H,77,91)(H,78,86)(H,79,90)(H,92,93)/t38-,39-,45-,47-,48-,49-,50-,51-,52-,53-,56-/m0/s1. The molecule has 0 radical (unpaired) electrons. The summed E-state index contributed by atoms with van der Waals surface area (Å²) in [7, 11) is 0. The second-order valence-electron chi connectivity index (χ2n) is 23.4. The fourth-order valence-corrected chi connectivity index (χ4v) is 10.1. The third-order valence-electron chi connectivity index (χ3n) is 15.5. The number of carboxylic acids is 1. The van der Waals surface area contributed by atoms with Gasteiger partial charge in [-0.05, 0) is 72.8 Å². The van der Waals surface area contributed by atoms with E-state index in [1.807, 2.05) is 42.5 Å². The molecule has 5 rings (SSSR count). The number of carboxylic acid groups (broad SMARTS) is 1. The molecule has 0 fully saturated rings. The van der Waals surface area contributed by atoms with Crippen LogP contribution in [0, 0.1) is 11.8 Å². The predicted molar refractivity (Wildman–Crippen MR) is 344 cm³/mol. The lowest BCUT2D eigenvalue weighted by atomic mass is 9.97. The van der Waals surface area contributed by atoms with E-state index in [-0.39, 0.29) is 38.0 Å². The molecule has 93 heavy (non-hydrogen) atoms. The fourth-order valence-electron chi connectivity index (χ4n) is 10.1. The summed E-state index contributed by atoms with van der Waals surface area (Å²) in [6.45, 7) is 7.02. The average Bonchev–Trinajstić information content (AvgIpc) is 1.78. The van der Waals surface area contributed by atoms with Gasteiger partial charge in [-0.1, -0.05) is 143 Å². The zero-order valence-corrected chi connectivity index (χ0v) is 52.8. The molecular weight excluding hydrogens is 1200 g/mol. The topological polar surface area (TPSA) is 447 Å². The van der Waals surface area contributed by atoms with Crippen molar-refractivity contribution in [3.05, 3.63) is 144 Å². The minimum absolute atomic E-state index is 0.0245. The Balaban J connectivity index is 1.31. The molecule has 11 amide bonds. The number of nitrogens with one attached hydrogen (secondary N) is 10. The Morgan fingerprint density at radius 2 is 0.860 bits per heavy atom. The quantitative estimate of drug-likeness (QED) is 0.0244. The number of aliphatic hydroxyl groups excluding tert-OH is 1. The van der Waals surface area contributed by atoms with Crippen molar-refractivity contribution in [2.45, 2.75) is 159 Å². The molecule has 0 bridgehead atoms. The largest absolute Gasteiger partial charge is 0.480 e. The number of benzene rings is 4. The maximum atomic E-state index is 14.6. The van der Waals surface area contributed by atoms with Gasteiger partial charge in [0.05, 0.1) is 12.6 Å². The highest BCUT2D eigenvalue weighted by Gasteiger charge is 2.37. The molecule has 27 heteroatoms. The number of hydrogen-bond donors (Lipinski definition) is 15. The van der Waals surface area contributed by atoms with E-state index in [9.17, 15) is 67.7 Å². The number of aliphatic carboxylic acids is 1. The van der Waals surface area contributed by atoms with E-state index in [4.69, 9.17) is 17.2 Å². The molecule has 27 nitrogen and oxygen atoms in total. The van der Waals surface area contributed by atoms with Gasteiger partial charge >= 0.3 is 5.97 Å². The van der Waals surface area contributed by atoms with Gasteiger partial charge in [0.1, 0.15) is 54.4 Å². The first-order valence-corrected chi connectivity index (χ1v) is 30.8. The molecule has 1 aromatic heterocycles. The highest BCUT2D eigenvalue weighted by molar-refractivity contribution is 5.99. The van der Waals surface area contributed by atoms with Crippen LogP contribution in [0.15, 0.2) is 121 Å².